The summed E-state index contributed by atoms with van der Waals surface area (Å²) in [5.41, 5.74) is 0.457. The van der Waals surface area contributed by atoms with Gasteiger partial charge in [0, 0.05) is 6.54 Å². The van der Waals surface area contributed by atoms with E-state index >= 15 is 0 Å². The summed E-state index contributed by atoms with van der Waals surface area (Å²) in [6.07, 6.45) is -0.162. The van der Waals surface area contributed by atoms with E-state index in [1.54, 1.807) is 25.3 Å². The number of esters is 1. The molecule has 0 heterocycles. The van der Waals surface area contributed by atoms with Gasteiger partial charge in [0.1, 0.15) is 6.10 Å². The zero-order valence-electron chi connectivity index (χ0n) is 13.9. The number of ether oxygens (including phenoxy) is 3. The van der Waals surface area contributed by atoms with Crippen LogP contribution in [0.2, 0.25) is 0 Å². The Morgan fingerprint density at radius 2 is 1.73 bits per heavy atom. The fraction of sp³-hybridized carbons (Fsp3) is 0.562. The molecule has 0 radical (unpaired) electrons. The van der Waals surface area contributed by atoms with E-state index in [9.17, 15) is 4.79 Å². The summed E-state index contributed by atoms with van der Waals surface area (Å²) < 4.78 is 15.8. The van der Waals surface area contributed by atoms with E-state index in [1.807, 2.05) is 6.92 Å². The third-order valence-electron chi connectivity index (χ3n) is 3.34. The van der Waals surface area contributed by atoms with E-state index in [2.05, 4.69) is 18.7 Å². The van der Waals surface area contributed by atoms with Crippen molar-refractivity contribution in [2.75, 3.05) is 33.9 Å². The quantitative estimate of drug-likeness (QED) is 0.685. The molecule has 1 rings (SSSR count). The number of nitrogens with zero attached hydrogens (tertiary/aromatic N) is 1. The van der Waals surface area contributed by atoms with Gasteiger partial charge < -0.3 is 19.1 Å². The van der Waals surface area contributed by atoms with Crippen LogP contribution in [0.4, 0.5) is 0 Å². The van der Waals surface area contributed by atoms with Crippen LogP contribution in [0.1, 0.15) is 31.1 Å². The number of likely N-dealkylation sites (N-methyl/N-ethyl adjacent to an activating group) is 1. The van der Waals surface area contributed by atoms with Gasteiger partial charge in [-0.3, -0.25) is 0 Å². The number of hydrogen-bond acceptors (Lipinski definition) is 5. The largest absolute Gasteiger partial charge is 0.493 e. The van der Waals surface area contributed by atoms with E-state index in [4.69, 9.17) is 14.2 Å². The second kappa shape index (κ2) is 10.3. The minimum Gasteiger partial charge on any atom is -0.493 e. The maximum atomic E-state index is 12.1. The first-order chi connectivity index (χ1) is 10.0. The van der Waals surface area contributed by atoms with Gasteiger partial charge in [-0.25, -0.2) is 4.79 Å². The predicted octanol–water partition coefficient (Wildman–Crippen LogP) is 3.01. The molecule has 22 heavy (non-hydrogen) atoms. The first-order valence-corrected chi connectivity index (χ1v) is 7.21. The minimum absolute atomic E-state index is 0. The number of rotatable bonds is 8. The molecule has 0 aliphatic heterocycles. The van der Waals surface area contributed by atoms with E-state index in [0.29, 0.717) is 17.1 Å². The first-order valence-electron chi connectivity index (χ1n) is 7.21. The standard InChI is InChI=1S/C16H25NO4.ClH/c1-6-17(7-2)11-12(3)21-16(18)13-8-9-14(19-4)15(10-13)20-5;/h8-10,12H,6-7,11H2,1-5H3;1H. The molecule has 0 aliphatic rings. The zero-order valence-corrected chi connectivity index (χ0v) is 14.7. The van der Waals surface area contributed by atoms with Gasteiger partial charge in [-0.05, 0) is 38.2 Å². The number of halogens is 1. The summed E-state index contributed by atoms with van der Waals surface area (Å²) >= 11 is 0. The average Bonchev–Trinajstić information content (AvgIpc) is 2.51. The average molecular weight is 332 g/mol. The summed E-state index contributed by atoms with van der Waals surface area (Å²) in [5.74, 6) is 0.754. The SMILES string of the molecule is CCN(CC)CC(C)OC(=O)c1ccc(OC)c(OC)c1.Cl. The number of hydrogen-bond donors (Lipinski definition) is 0. The van der Waals surface area contributed by atoms with Crippen LogP contribution in [0, 0.1) is 0 Å². The van der Waals surface area contributed by atoms with Crippen LogP contribution in [0.3, 0.4) is 0 Å². The number of carbonyl (C=O) groups excluding carboxylic acids is 1. The van der Waals surface area contributed by atoms with Crippen LogP contribution in [-0.4, -0.2) is 50.8 Å². The molecule has 0 aromatic heterocycles. The number of methoxy groups -OCH3 is 2. The van der Waals surface area contributed by atoms with Crippen LogP contribution in [0.15, 0.2) is 18.2 Å². The smallest absolute Gasteiger partial charge is 0.338 e. The lowest BCUT2D eigenvalue weighted by molar-refractivity contribution is 0.0260. The molecule has 1 aromatic rings. The van der Waals surface area contributed by atoms with Crippen molar-refractivity contribution in [1.82, 2.24) is 4.90 Å². The van der Waals surface area contributed by atoms with Crippen molar-refractivity contribution in [1.29, 1.82) is 0 Å². The van der Waals surface area contributed by atoms with Crippen molar-refractivity contribution in [3.63, 3.8) is 0 Å². The fourth-order valence-corrected chi connectivity index (χ4v) is 2.10. The molecule has 0 saturated heterocycles. The van der Waals surface area contributed by atoms with Crippen molar-refractivity contribution < 1.29 is 19.0 Å². The summed E-state index contributed by atoms with van der Waals surface area (Å²) in [6, 6.07) is 5.00. The van der Waals surface area contributed by atoms with Gasteiger partial charge in [0.25, 0.3) is 0 Å². The molecule has 1 aromatic carbocycles. The Bertz CT molecular complexity index is 463. The molecule has 0 fully saturated rings. The maximum Gasteiger partial charge on any atom is 0.338 e. The highest BCUT2D eigenvalue weighted by Crippen LogP contribution is 2.27. The van der Waals surface area contributed by atoms with E-state index in [-0.39, 0.29) is 24.5 Å². The molecule has 0 aliphatic carbocycles. The molecule has 0 spiro atoms. The Labute approximate surface area is 138 Å². The second-order valence-corrected chi connectivity index (χ2v) is 4.77. The fourth-order valence-electron chi connectivity index (χ4n) is 2.10. The number of carbonyl (C=O) groups is 1. The Morgan fingerprint density at radius 1 is 1.14 bits per heavy atom. The highest BCUT2D eigenvalue weighted by Gasteiger charge is 2.16. The predicted molar refractivity (Wildman–Crippen MR) is 89.5 cm³/mol. The molecule has 5 nitrogen and oxygen atoms in total. The van der Waals surface area contributed by atoms with Crippen molar-refractivity contribution >= 4 is 18.4 Å². The van der Waals surface area contributed by atoms with Gasteiger partial charge in [-0.1, -0.05) is 13.8 Å². The monoisotopic (exact) mass is 331 g/mol. The highest BCUT2D eigenvalue weighted by atomic mass is 35.5. The third-order valence-corrected chi connectivity index (χ3v) is 3.34. The van der Waals surface area contributed by atoms with Crippen molar-refractivity contribution in [2.24, 2.45) is 0 Å². The van der Waals surface area contributed by atoms with Crippen LogP contribution in [0.25, 0.3) is 0 Å². The molecule has 0 bridgehead atoms. The topological polar surface area (TPSA) is 48.0 Å². The maximum absolute atomic E-state index is 12.1. The lowest BCUT2D eigenvalue weighted by Gasteiger charge is -2.22. The van der Waals surface area contributed by atoms with Crippen LogP contribution in [-0.2, 0) is 4.74 Å². The summed E-state index contributed by atoms with van der Waals surface area (Å²) in [7, 11) is 3.10. The van der Waals surface area contributed by atoms with Gasteiger partial charge in [0.2, 0.25) is 0 Å². The molecule has 0 N–H and O–H groups in total. The Balaban J connectivity index is 0.00000441. The Morgan fingerprint density at radius 3 is 2.23 bits per heavy atom. The molecule has 6 heteroatoms. The van der Waals surface area contributed by atoms with Crippen molar-refractivity contribution in [3.8, 4) is 11.5 Å². The molecule has 1 unspecified atom stereocenters. The van der Waals surface area contributed by atoms with Crippen LogP contribution < -0.4 is 9.47 Å². The molecule has 126 valence electrons. The highest BCUT2D eigenvalue weighted by molar-refractivity contribution is 5.90. The van der Waals surface area contributed by atoms with E-state index in [1.165, 1.54) is 7.11 Å². The summed E-state index contributed by atoms with van der Waals surface area (Å²) in [5, 5.41) is 0. The Hall–Kier alpha value is -1.46. The van der Waals surface area contributed by atoms with Gasteiger partial charge >= 0.3 is 5.97 Å². The zero-order chi connectivity index (χ0) is 15.8. The van der Waals surface area contributed by atoms with Crippen LogP contribution in [0.5, 0.6) is 11.5 Å². The molecular weight excluding hydrogens is 306 g/mol. The lowest BCUT2D eigenvalue weighted by Crippen LogP contribution is -2.33. The number of benzene rings is 1. The van der Waals surface area contributed by atoms with E-state index < -0.39 is 0 Å². The third kappa shape index (κ3) is 5.73. The van der Waals surface area contributed by atoms with Gasteiger partial charge in [0.05, 0.1) is 19.8 Å². The summed E-state index contributed by atoms with van der Waals surface area (Å²) in [6.45, 7) is 8.69. The lowest BCUT2D eigenvalue weighted by atomic mass is 10.2. The van der Waals surface area contributed by atoms with Gasteiger partial charge in [0.15, 0.2) is 11.5 Å². The summed E-state index contributed by atoms with van der Waals surface area (Å²) in [4.78, 5) is 14.4. The van der Waals surface area contributed by atoms with Gasteiger partial charge in [-0.2, -0.15) is 0 Å². The second-order valence-electron chi connectivity index (χ2n) is 4.77. The molecule has 0 saturated carbocycles. The Kier molecular flexibility index (Phi) is 9.61. The molecule has 0 amide bonds. The van der Waals surface area contributed by atoms with Gasteiger partial charge in [-0.15, -0.1) is 12.4 Å². The van der Waals surface area contributed by atoms with E-state index in [0.717, 1.165) is 19.6 Å². The van der Waals surface area contributed by atoms with Crippen LogP contribution >= 0.6 is 12.4 Å². The minimum atomic E-state index is -0.351. The first kappa shape index (κ1) is 20.5. The normalized spacial score (nSPS) is 11.5. The molecular formula is C16H26ClNO4. The van der Waals surface area contributed by atoms with Crippen molar-refractivity contribution in [3.05, 3.63) is 23.8 Å². The molecule has 1 atom stereocenters. The van der Waals surface area contributed by atoms with Crippen molar-refractivity contribution in [2.45, 2.75) is 26.9 Å².